The van der Waals surface area contributed by atoms with Crippen LogP contribution in [0.5, 0.6) is 5.75 Å². The lowest BCUT2D eigenvalue weighted by atomic mass is 10.0. The largest absolute Gasteiger partial charge is 0.490 e. The summed E-state index contributed by atoms with van der Waals surface area (Å²) in [5.74, 6) is 1.48. The maximum atomic E-state index is 5.71. The molecule has 2 heterocycles. The molecule has 1 unspecified atom stereocenters. The van der Waals surface area contributed by atoms with Crippen LogP contribution >= 0.6 is 0 Å². The smallest absolute Gasteiger partial charge is 0.157 e. The van der Waals surface area contributed by atoms with E-state index in [1.807, 2.05) is 10.9 Å². The Labute approximate surface area is 96.0 Å². The summed E-state index contributed by atoms with van der Waals surface area (Å²) in [5, 5.41) is 7.54. The second-order valence-electron chi connectivity index (χ2n) is 4.25. The van der Waals surface area contributed by atoms with Gasteiger partial charge in [0, 0.05) is 19.0 Å². The molecular formula is C11H20N4O. The number of hydrogen-bond acceptors (Lipinski definition) is 4. The first-order chi connectivity index (χ1) is 7.88. The first-order valence-electron chi connectivity index (χ1n) is 5.94. The quantitative estimate of drug-likeness (QED) is 0.751. The molecular weight excluding hydrogens is 204 g/mol. The van der Waals surface area contributed by atoms with E-state index in [0.29, 0.717) is 12.5 Å². The third-order valence-corrected chi connectivity index (χ3v) is 2.85. The maximum absolute atomic E-state index is 5.71. The predicted molar refractivity (Wildman–Crippen MR) is 62.4 cm³/mol. The van der Waals surface area contributed by atoms with Gasteiger partial charge >= 0.3 is 0 Å². The normalized spacial score (nSPS) is 20.9. The maximum Gasteiger partial charge on any atom is 0.157 e. The summed E-state index contributed by atoms with van der Waals surface area (Å²) in [6.45, 7) is 4.34. The summed E-state index contributed by atoms with van der Waals surface area (Å²) in [5.41, 5.74) is 5.45. The van der Waals surface area contributed by atoms with Crippen LogP contribution in [0, 0.1) is 5.92 Å². The van der Waals surface area contributed by atoms with Gasteiger partial charge in [0.15, 0.2) is 5.75 Å². The molecule has 1 aliphatic rings. The molecule has 0 aromatic carbocycles. The average molecular weight is 224 g/mol. The van der Waals surface area contributed by atoms with E-state index in [4.69, 9.17) is 10.5 Å². The van der Waals surface area contributed by atoms with E-state index in [-0.39, 0.29) is 0 Å². The van der Waals surface area contributed by atoms with E-state index in [1.54, 1.807) is 6.20 Å². The topological polar surface area (TPSA) is 65.1 Å². The molecule has 1 aromatic rings. The Morgan fingerprint density at radius 3 is 3.31 bits per heavy atom. The molecule has 0 saturated carbocycles. The van der Waals surface area contributed by atoms with Crippen molar-refractivity contribution in [3.8, 4) is 5.75 Å². The number of aromatic nitrogens is 2. The Morgan fingerprint density at radius 2 is 2.56 bits per heavy atom. The van der Waals surface area contributed by atoms with E-state index in [2.05, 4.69) is 10.4 Å². The number of nitrogens with zero attached hydrogens (tertiary/aromatic N) is 2. The Morgan fingerprint density at radius 1 is 1.62 bits per heavy atom. The molecule has 0 aliphatic carbocycles. The van der Waals surface area contributed by atoms with Gasteiger partial charge in [-0.2, -0.15) is 5.10 Å². The van der Waals surface area contributed by atoms with Crippen molar-refractivity contribution >= 4 is 0 Å². The number of hydrogen-bond donors (Lipinski definition) is 2. The molecule has 1 aliphatic heterocycles. The number of rotatable bonds is 5. The van der Waals surface area contributed by atoms with Crippen LogP contribution in [0.25, 0.3) is 0 Å². The summed E-state index contributed by atoms with van der Waals surface area (Å²) < 4.78 is 7.52. The zero-order valence-corrected chi connectivity index (χ0v) is 9.56. The predicted octanol–water partition coefficient (Wildman–Crippen LogP) is 0.220. The zero-order chi connectivity index (χ0) is 11.2. The summed E-state index contributed by atoms with van der Waals surface area (Å²) >= 11 is 0. The third kappa shape index (κ3) is 3.21. The van der Waals surface area contributed by atoms with Crippen molar-refractivity contribution in [3.63, 3.8) is 0 Å². The monoisotopic (exact) mass is 224 g/mol. The molecule has 0 spiro atoms. The van der Waals surface area contributed by atoms with E-state index in [1.165, 1.54) is 12.8 Å². The van der Waals surface area contributed by atoms with Crippen LogP contribution in [-0.2, 0) is 6.54 Å². The highest BCUT2D eigenvalue weighted by molar-refractivity contribution is 5.11. The number of ether oxygens (including phenoxy) is 1. The van der Waals surface area contributed by atoms with E-state index in [0.717, 1.165) is 32.0 Å². The van der Waals surface area contributed by atoms with Crippen LogP contribution in [0.4, 0.5) is 0 Å². The molecule has 5 nitrogen and oxygen atoms in total. The van der Waals surface area contributed by atoms with Crippen LogP contribution in [0.3, 0.4) is 0 Å². The summed E-state index contributed by atoms with van der Waals surface area (Å²) in [4.78, 5) is 0. The van der Waals surface area contributed by atoms with Crippen LogP contribution < -0.4 is 15.8 Å². The molecule has 1 saturated heterocycles. The highest BCUT2D eigenvalue weighted by Gasteiger charge is 2.13. The first-order valence-corrected chi connectivity index (χ1v) is 5.94. The van der Waals surface area contributed by atoms with Crippen molar-refractivity contribution in [1.29, 1.82) is 0 Å². The van der Waals surface area contributed by atoms with E-state index in [9.17, 15) is 0 Å². The van der Waals surface area contributed by atoms with Gasteiger partial charge < -0.3 is 15.8 Å². The Hall–Kier alpha value is -1.07. The molecule has 90 valence electrons. The zero-order valence-electron chi connectivity index (χ0n) is 9.56. The third-order valence-electron chi connectivity index (χ3n) is 2.85. The molecule has 0 bridgehead atoms. The van der Waals surface area contributed by atoms with E-state index >= 15 is 0 Å². The fraction of sp³-hybridized carbons (Fsp3) is 0.727. The van der Waals surface area contributed by atoms with Crippen molar-refractivity contribution < 1.29 is 4.74 Å². The molecule has 1 atom stereocenters. The van der Waals surface area contributed by atoms with Crippen molar-refractivity contribution in [3.05, 3.63) is 12.4 Å². The lowest BCUT2D eigenvalue weighted by Crippen LogP contribution is -2.32. The molecule has 3 N–H and O–H groups in total. The first kappa shape index (κ1) is 11.4. The minimum atomic E-state index is 0.605. The van der Waals surface area contributed by atoms with Gasteiger partial charge in [0.2, 0.25) is 0 Å². The Bertz CT molecular complexity index is 307. The molecule has 2 rings (SSSR count). The van der Waals surface area contributed by atoms with Gasteiger partial charge in [-0.05, 0) is 19.4 Å². The second kappa shape index (κ2) is 5.86. The molecule has 5 heteroatoms. The fourth-order valence-electron chi connectivity index (χ4n) is 1.95. The lowest BCUT2D eigenvalue weighted by Gasteiger charge is -2.22. The van der Waals surface area contributed by atoms with Crippen LogP contribution in [0.15, 0.2) is 12.4 Å². The van der Waals surface area contributed by atoms with Gasteiger partial charge in [-0.15, -0.1) is 0 Å². The van der Waals surface area contributed by atoms with Gasteiger partial charge in [0.1, 0.15) is 0 Å². The molecule has 0 radical (unpaired) electrons. The molecule has 1 aromatic heterocycles. The van der Waals surface area contributed by atoms with Gasteiger partial charge in [-0.3, -0.25) is 4.68 Å². The van der Waals surface area contributed by atoms with E-state index < -0.39 is 0 Å². The Balaban J connectivity index is 1.75. The second-order valence-corrected chi connectivity index (χ2v) is 4.25. The standard InChI is InChI=1S/C11H20N4O/c12-3-5-15-8-11(7-14-15)16-9-10-2-1-4-13-6-10/h7-8,10,13H,1-6,9,12H2. The lowest BCUT2D eigenvalue weighted by molar-refractivity contribution is 0.218. The summed E-state index contributed by atoms with van der Waals surface area (Å²) in [6, 6.07) is 0. The van der Waals surface area contributed by atoms with Crippen LogP contribution in [-0.4, -0.2) is 36.0 Å². The molecule has 0 amide bonds. The number of nitrogens with one attached hydrogen (secondary N) is 1. The molecule has 16 heavy (non-hydrogen) atoms. The van der Waals surface area contributed by atoms with Gasteiger partial charge in [0.25, 0.3) is 0 Å². The average Bonchev–Trinajstić information content (AvgIpc) is 2.76. The minimum Gasteiger partial charge on any atom is -0.490 e. The summed E-state index contributed by atoms with van der Waals surface area (Å²) in [7, 11) is 0. The number of piperidine rings is 1. The van der Waals surface area contributed by atoms with Crippen LogP contribution in [0.1, 0.15) is 12.8 Å². The SMILES string of the molecule is NCCn1cc(OCC2CCCNC2)cn1. The number of nitrogens with two attached hydrogens (primary N) is 1. The highest BCUT2D eigenvalue weighted by atomic mass is 16.5. The van der Waals surface area contributed by atoms with Gasteiger partial charge in [-0.25, -0.2) is 0 Å². The Kier molecular flexibility index (Phi) is 4.18. The van der Waals surface area contributed by atoms with Crippen molar-refractivity contribution in [2.45, 2.75) is 19.4 Å². The molecule has 1 fully saturated rings. The van der Waals surface area contributed by atoms with Crippen molar-refractivity contribution in [1.82, 2.24) is 15.1 Å². The van der Waals surface area contributed by atoms with Crippen molar-refractivity contribution in [2.24, 2.45) is 11.7 Å². The van der Waals surface area contributed by atoms with Crippen molar-refractivity contribution in [2.75, 3.05) is 26.2 Å². The van der Waals surface area contributed by atoms with Gasteiger partial charge in [-0.1, -0.05) is 0 Å². The minimum absolute atomic E-state index is 0.605. The summed E-state index contributed by atoms with van der Waals surface area (Å²) in [6.07, 6.45) is 6.17. The fourth-order valence-corrected chi connectivity index (χ4v) is 1.95. The van der Waals surface area contributed by atoms with Gasteiger partial charge in [0.05, 0.1) is 25.5 Å². The van der Waals surface area contributed by atoms with Crippen LogP contribution in [0.2, 0.25) is 0 Å². The highest BCUT2D eigenvalue weighted by Crippen LogP contribution is 2.14.